The van der Waals surface area contributed by atoms with E-state index in [0.29, 0.717) is 36.3 Å². The Morgan fingerprint density at radius 3 is 2.30 bits per heavy atom. The van der Waals surface area contributed by atoms with Gasteiger partial charge in [-0.05, 0) is 60.0 Å². The zero-order valence-electron chi connectivity index (χ0n) is 22.2. The van der Waals surface area contributed by atoms with Gasteiger partial charge in [0.1, 0.15) is 5.75 Å². The van der Waals surface area contributed by atoms with Crippen LogP contribution in [0.4, 0.5) is 0 Å². The highest BCUT2D eigenvalue weighted by Crippen LogP contribution is 2.33. The van der Waals surface area contributed by atoms with Gasteiger partial charge in [-0.3, -0.25) is 14.8 Å². The van der Waals surface area contributed by atoms with Crippen molar-refractivity contribution in [3.63, 3.8) is 0 Å². The van der Waals surface area contributed by atoms with Crippen LogP contribution >= 0.6 is 0 Å². The smallest absolute Gasteiger partial charge is 0.253 e. The molecule has 0 spiro atoms. The predicted molar refractivity (Wildman–Crippen MR) is 154 cm³/mol. The highest BCUT2D eigenvalue weighted by Gasteiger charge is 2.34. The molecule has 0 aliphatic rings. The molecule has 0 aliphatic heterocycles. The van der Waals surface area contributed by atoms with Gasteiger partial charge >= 0.3 is 0 Å². The van der Waals surface area contributed by atoms with Crippen LogP contribution in [-0.2, 0) is 16.7 Å². The number of amides is 2. The molecule has 0 unspecified atom stereocenters. The van der Waals surface area contributed by atoms with E-state index in [-0.39, 0.29) is 18.9 Å². The van der Waals surface area contributed by atoms with E-state index in [1.807, 2.05) is 54.6 Å². The van der Waals surface area contributed by atoms with Gasteiger partial charge in [-0.1, -0.05) is 60.7 Å². The highest BCUT2D eigenvalue weighted by atomic mass is 16.5. The van der Waals surface area contributed by atoms with Crippen LogP contribution in [0.5, 0.6) is 5.75 Å². The number of hydrogen-bond acceptors (Lipinski definition) is 5. The molecule has 2 amide bonds. The largest absolute Gasteiger partial charge is 0.493 e. The van der Waals surface area contributed by atoms with Crippen LogP contribution in [0.2, 0.25) is 0 Å². The van der Waals surface area contributed by atoms with Gasteiger partial charge in [0.15, 0.2) is 0 Å². The van der Waals surface area contributed by atoms with Crippen LogP contribution in [0.1, 0.15) is 47.2 Å². The van der Waals surface area contributed by atoms with Gasteiger partial charge in [0, 0.05) is 29.7 Å². The van der Waals surface area contributed by atoms with Crippen molar-refractivity contribution < 1.29 is 24.0 Å². The number of para-hydroxylation sites is 1. The van der Waals surface area contributed by atoms with Crippen molar-refractivity contribution in [1.82, 2.24) is 10.4 Å². The minimum Gasteiger partial charge on any atom is -0.493 e. The van der Waals surface area contributed by atoms with Gasteiger partial charge in [-0.2, -0.15) is 0 Å². The summed E-state index contributed by atoms with van der Waals surface area (Å²) >= 11 is 0. The molecule has 9 heteroatoms. The van der Waals surface area contributed by atoms with Gasteiger partial charge in [0.05, 0.1) is 34.8 Å². The molecule has 2 N–H and O–H groups in total. The maximum Gasteiger partial charge on any atom is 0.253 e. The minimum atomic E-state index is -1.70. The number of carbonyl (C=O) groups is 2. The first-order chi connectivity index (χ1) is 19.4. The lowest BCUT2D eigenvalue weighted by Crippen LogP contribution is -2.50. The molecule has 1 aromatic heterocycles. The molecule has 200 valence electrons. The summed E-state index contributed by atoms with van der Waals surface area (Å²) in [5, 5.41) is 6.91. The third-order valence-electron chi connectivity index (χ3n) is 6.61. The van der Waals surface area contributed by atoms with E-state index in [9.17, 15) is 9.59 Å². The number of furan rings is 1. The summed E-state index contributed by atoms with van der Waals surface area (Å²) in [6, 6.07) is 25.7. The summed E-state index contributed by atoms with van der Waals surface area (Å²) in [4.78, 5) is 26.6. The fraction of sp³-hybridized carbons (Fsp3) is 0.226. The predicted octanol–water partition coefficient (Wildman–Crippen LogP) is 5.18. The number of unbranched alkanes of at least 4 members (excludes halogenated alkanes) is 2. The number of ether oxygens (including phenoxy) is 1. The van der Waals surface area contributed by atoms with E-state index in [1.165, 1.54) is 4.90 Å². The molecule has 0 saturated heterocycles. The lowest BCUT2D eigenvalue weighted by Gasteiger charge is -2.41. The van der Waals surface area contributed by atoms with Crippen LogP contribution in [0.25, 0.3) is 11.1 Å². The number of nitrogens with zero attached hydrogens (tertiary/aromatic N) is 1. The molecule has 4 radical (unpaired) electrons. The first-order valence-electron chi connectivity index (χ1n) is 13.1. The Hall–Kier alpha value is -4.23. The number of nitrogens with one attached hydrogen (secondary N) is 1. The number of rotatable bonds is 13. The molecule has 3 aromatic carbocycles. The monoisotopic (exact) mass is 532 g/mol. The maximum atomic E-state index is 13.9. The van der Waals surface area contributed by atoms with Crippen molar-refractivity contribution in [3.05, 3.63) is 114 Å². The fourth-order valence-corrected chi connectivity index (χ4v) is 4.40. The Kier molecular flexibility index (Phi) is 9.86. The lowest BCUT2D eigenvalue weighted by atomic mass is 9.56. The van der Waals surface area contributed by atoms with E-state index in [1.54, 1.807) is 48.3 Å². The summed E-state index contributed by atoms with van der Waals surface area (Å²) < 4.78 is 11.2. The van der Waals surface area contributed by atoms with E-state index in [0.717, 1.165) is 23.1 Å². The second-order valence-corrected chi connectivity index (χ2v) is 9.48. The Labute approximate surface area is 236 Å². The molecular weight excluding hydrogens is 502 g/mol. The van der Waals surface area contributed by atoms with E-state index < -0.39 is 11.2 Å². The quantitative estimate of drug-likeness (QED) is 0.107. The average Bonchev–Trinajstić information content (AvgIpc) is 3.53. The lowest BCUT2D eigenvalue weighted by molar-refractivity contribution is -0.129. The second-order valence-electron chi connectivity index (χ2n) is 9.48. The van der Waals surface area contributed by atoms with Gasteiger partial charge < -0.3 is 14.1 Å². The van der Waals surface area contributed by atoms with Crippen LogP contribution in [0, 0.1) is 0 Å². The highest BCUT2D eigenvalue weighted by molar-refractivity contribution is 6.41. The standard InChI is InChI=1S/C31H30B2N2O5/c32-31(33,27-11-6-7-12-28(27)40-19-8-2-5-13-29(36)34-38)35(21-23-9-3-1-4-10-23)30(37)25-16-14-24(15-17-25)26-18-20-39-22-26/h1,3-4,6-7,9-12,14-18,20,22,38H,2,5,8,13,19,21H2,(H,34,36). The van der Waals surface area contributed by atoms with Gasteiger partial charge in [-0.15, -0.1) is 0 Å². The summed E-state index contributed by atoms with van der Waals surface area (Å²) in [6.45, 7) is 0.549. The normalized spacial score (nSPS) is 11.1. The van der Waals surface area contributed by atoms with Crippen LogP contribution in [0.15, 0.2) is 102 Å². The van der Waals surface area contributed by atoms with Gasteiger partial charge in [0.2, 0.25) is 5.91 Å². The number of benzene rings is 3. The third kappa shape index (κ3) is 7.24. The second kappa shape index (κ2) is 13.7. The molecule has 40 heavy (non-hydrogen) atoms. The van der Waals surface area contributed by atoms with Crippen molar-refractivity contribution in [2.75, 3.05) is 6.61 Å². The van der Waals surface area contributed by atoms with Crippen LogP contribution in [0.3, 0.4) is 0 Å². The SMILES string of the molecule is [B]C([B])(c1ccccc1OCCCCCC(=O)NO)N(Cc1ccccc1)C(=O)c1ccc(-c2ccoc2)cc1. The Bertz CT molecular complexity index is 1380. The zero-order valence-corrected chi connectivity index (χ0v) is 22.2. The Morgan fingerprint density at radius 1 is 0.875 bits per heavy atom. The topological polar surface area (TPSA) is 92.0 Å². The molecular formula is C31H30B2N2O5. The number of hydrogen-bond donors (Lipinski definition) is 2. The molecule has 0 atom stereocenters. The summed E-state index contributed by atoms with van der Waals surface area (Å²) in [5.74, 6) is -0.270. The molecule has 0 aliphatic carbocycles. The molecule has 7 nitrogen and oxygen atoms in total. The molecule has 4 aromatic rings. The average molecular weight is 532 g/mol. The van der Waals surface area contributed by atoms with E-state index in [2.05, 4.69) is 0 Å². The first kappa shape index (κ1) is 28.8. The fourth-order valence-electron chi connectivity index (χ4n) is 4.40. The molecule has 4 rings (SSSR count). The zero-order chi connectivity index (χ0) is 28.4. The summed E-state index contributed by atoms with van der Waals surface area (Å²) in [6.07, 6.45) is 5.52. The third-order valence-corrected chi connectivity index (χ3v) is 6.61. The molecule has 0 bridgehead atoms. The molecule has 0 saturated carbocycles. The maximum absolute atomic E-state index is 13.9. The number of hydroxylamine groups is 1. The van der Waals surface area contributed by atoms with Crippen molar-refractivity contribution in [2.24, 2.45) is 0 Å². The Balaban J connectivity index is 1.56. The Morgan fingerprint density at radius 2 is 1.60 bits per heavy atom. The summed E-state index contributed by atoms with van der Waals surface area (Å²) in [7, 11) is 13.6. The van der Waals surface area contributed by atoms with Gasteiger partial charge in [-0.25, -0.2) is 5.48 Å². The molecule has 0 fully saturated rings. The van der Waals surface area contributed by atoms with Crippen molar-refractivity contribution in [2.45, 2.75) is 37.6 Å². The van der Waals surface area contributed by atoms with Crippen molar-refractivity contribution >= 4 is 27.5 Å². The van der Waals surface area contributed by atoms with E-state index >= 15 is 0 Å². The van der Waals surface area contributed by atoms with Gasteiger partial charge in [0.25, 0.3) is 5.91 Å². The van der Waals surface area contributed by atoms with Crippen molar-refractivity contribution in [1.29, 1.82) is 0 Å². The van der Waals surface area contributed by atoms with Crippen LogP contribution < -0.4 is 10.2 Å². The first-order valence-corrected chi connectivity index (χ1v) is 13.1. The number of carbonyl (C=O) groups excluding carboxylic acids is 2. The van der Waals surface area contributed by atoms with Crippen molar-refractivity contribution in [3.8, 4) is 16.9 Å². The van der Waals surface area contributed by atoms with E-state index in [4.69, 9.17) is 30.1 Å². The van der Waals surface area contributed by atoms with Crippen LogP contribution in [-0.4, -0.2) is 44.2 Å². The summed E-state index contributed by atoms with van der Waals surface area (Å²) in [5.41, 5.74) is 5.24. The molecule has 1 heterocycles. The minimum absolute atomic E-state index is 0.178.